The molecule has 12 heteroatoms. The van der Waals surface area contributed by atoms with Crippen molar-refractivity contribution in [1.29, 1.82) is 0 Å². The lowest BCUT2D eigenvalue weighted by atomic mass is 9.96. The van der Waals surface area contributed by atoms with E-state index >= 15 is 0 Å². The van der Waals surface area contributed by atoms with Crippen LogP contribution in [0.25, 0.3) is 16.7 Å². The van der Waals surface area contributed by atoms with Crippen molar-refractivity contribution in [1.82, 2.24) is 25.5 Å². The molecule has 0 unspecified atom stereocenters. The topological polar surface area (TPSA) is 127 Å². The summed E-state index contributed by atoms with van der Waals surface area (Å²) in [7, 11) is 0. The first-order chi connectivity index (χ1) is 19.7. The molecule has 1 aromatic carbocycles. The average molecular weight is 613 g/mol. The second-order valence-electron chi connectivity index (χ2n) is 8.70. The van der Waals surface area contributed by atoms with Gasteiger partial charge in [0.1, 0.15) is 17.0 Å². The fourth-order valence-electron chi connectivity index (χ4n) is 4.29. The number of aromatic nitrogens is 2. The molecule has 3 aromatic heterocycles. The summed E-state index contributed by atoms with van der Waals surface area (Å²) >= 11 is 14.5. The van der Waals surface area contributed by atoms with Gasteiger partial charge in [0.15, 0.2) is 0 Å². The highest BCUT2D eigenvalue weighted by Gasteiger charge is 2.29. The van der Waals surface area contributed by atoms with E-state index in [0.717, 1.165) is 16.5 Å². The van der Waals surface area contributed by atoms with Crippen LogP contribution in [0.5, 0.6) is 0 Å². The second kappa shape index (κ2) is 13.0. The first-order valence-corrected chi connectivity index (χ1v) is 14.3. The molecule has 0 bridgehead atoms. The summed E-state index contributed by atoms with van der Waals surface area (Å²) in [6.07, 6.45) is 3.18. The normalized spacial score (nSPS) is 12.7. The molecule has 0 saturated heterocycles. The minimum absolute atomic E-state index is 0.0391. The number of carboxylic acids is 1. The highest BCUT2D eigenvalue weighted by atomic mass is 35.5. The van der Waals surface area contributed by atoms with Crippen LogP contribution in [0.4, 0.5) is 0 Å². The van der Waals surface area contributed by atoms with Gasteiger partial charge in [0.05, 0.1) is 15.6 Å². The number of pyridine rings is 1. The number of nitrogens with zero attached hydrogens (tertiary/aromatic N) is 2. The predicted octanol–water partition coefficient (Wildman–Crippen LogP) is 6.07. The van der Waals surface area contributed by atoms with Crippen LogP contribution in [-0.4, -0.2) is 44.3 Å². The van der Waals surface area contributed by atoms with Crippen LogP contribution in [0.3, 0.4) is 0 Å². The van der Waals surface area contributed by atoms with Crippen LogP contribution in [-0.2, 0) is 17.8 Å². The Morgan fingerprint density at radius 2 is 1.98 bits per heavy atom. The summed E-state index contributed by atoms with van der Waals surface area (Å²) in [5, 5.41) is 17.6. The zero-order valence-electron chi connectivity index (χ0n) is 22.3. The number of hydrogen-bond acceptors (Lipinski definition) is 6. The number of benzene rings is 1. The number of nitrogens with one attached hydrogen (secondary N) is 3. The van der Waals surface area contributed by atoms with Crippen LogP contribution < -0.4 is 10.6 Å². The molecule has 4 aromatic rings. The zero-order chi connectivity index (χ0) is 29.7. The molecule has 2 amide bonds. The van der Waals surface area contributed by atoms with E-state index in [0.29, 0.717) is 41.1 Å². The predicted molar refractivity (Wildman–Crippen MR) is 162 cm³/mol. The van der Waals surface area contributed by atoms with Gasteiger partial charge in [-0.15, -0.1) is 11.3 Å². The maximum absolute atomic E-state index is 13.2. The molecular formula is C29H27Cl2N5O4S. The lowest BCUT2D eigenvalue weighted by Gasteiger charge is -2.30. The van der Waals surface area contributed by atoms with Crippen LogP contribution in [0.15, 0.2) is 66.5 Å². The molecular weight excluding hydrogens is 585 g/mol. The highest BCUT2D eigenvalue weighted by molar-refractivity contribution is 7.11. The number of thiophene rings is 1. The smallest absolute Gasteiger partial charge is 0.353 e. The van der Waals surface area contributed by atoms with Gasteiger partial charge in [-0.05, 0) is 53.3 Å². The lowest BCUT2D eigenvalue weighted by molar-refractivity contribution is -0.133. The van der Waals surface area contributed by atoms with E-state index in [1.807, 2.05) is 37.4 Å². The van der Waals surface area contributed by atoms with Gasteiger partial charge in [-0.1, -0.05) is 49.7 Å². The number of aromatic amines is 1. The van der Waals surface area contributed by atoms with E-state index < -0.39 is 17.6 Å². The lowest BCUT2D eigenvalue weighted by Crippen LogP contribution is -2.36. The number of hydrogen-bond donors (Lipinski definition) is 4. The Hall–Kier alpha value is -4.12. The molecule has 5 rings (SSSR count). The summed E-state index contributed by atoms with van der Waals surface area (Å²) in [5.74, 6) is -2.32. The van der Waals surface area contributed by atoms with E-state index in [1.165, 1.54) is 11.3 Å². The largest absolute Gasteiger partial charge is 0.477 e. The number of H-pyrrole nitrogens is 1. The fourth-order valence-corrected chi connectivity index (χ4v) is 5.72. The molecule has 0 spiro atoms. The fraction of sp³-hybridized carbons (Fsp3) is 0.172. The molecule has 4 heterocycles. The Morgan fingerprint density at radius 3 is 2.66 bits per heavy atom. The van der Waals surface area contributed by atoms with Crippen molar-refractivity contribution in [3.8, 4) is 0 Å². The quantitative estimate of drug-likeness (QED) is 0.188. The SMILES string of the molecule is C=C(N/C=C(/NC(=O)c1c(Cl)cc2c(c1Cl)CCN(C(=O)c1cc3cccnc3[nH]1)C2)C(=O)O)c1cccs1.CC. The molecule has 0 saturated carbocycles. The molecule has 4 N–H and O–H groups in total. The van der Waals surface area contributed by atoms with Crippen molar-refractivity contribution >= 4 is 69.1 Å². The first kappa shape index (κ1) is 29.9. The zero-order valence-corrected chi connectivity index (χ0v) is 24.6. The van der Waals surface area contributed by atoms with Gasteiger partial charge < -0.3 is 25.6 Å². The summed E-state index contributed by atoms with van der Waals surface area (Å²) in [6, 6.07) is 10.7. The number of aliphatic carboxylic acids is 1. The number of fused-ring (bicyclic) bond motifs is 2. The number of rotatable bonds is 7. The molecule has 41 heavy (non-hydrogen) atoms. The van der Waals surface area contributed by atoms with Crippen LogP contribution in [0.2, 0.25) is 10.0 Å². The van der Waals surface area contributed by atoms with Crippen molar-refractivity contribution in [3.63, 3.8) is 0 Å². The molecule has 212 valence electrons. The Bertz CT molecular complexity index is 1630. The van der Waals surface area contributed by atoms with Crippen LogP contribution in [0, 0.1) is 0 Å². The molecule has 0 fully saturated rings. The van der Waals surface area contributed by atoms with Crippen LogP contribution in [0.1, 0.15) is 50.7 Å². The molecule has 0 aliphatic carbocycles. The molecule has 0 atom stereocenters. The Morgan fingerprint density at radius 1 is 1.20 bits per heavy atom. The summed E-state index contributed by atoms with van der Waals surface area (Å²) in [4.78, 5) is 47.8. The van der Waals surface area contributed by atoms with Crippen LogP contribution >= 0.6 is 34.5 Å². The second-order valence-corrected chi connectivity index (χ2v) is 10.4. The average Bonchev–Trinajstić information content (AvgIpc) is 3.66. The van der Waals surface area contributed by atoms with Gasteiger partial charge in [-0.25, -0.2) is 9.78 Å². The molecule has 1 aliphatic heterocycles. The number of halogens is 2. The number of carboxylic acid groups (broad SMARTS) is 1. The van der Waals surface area contributed by atoms with Crippen molar-refractivity contribution in [3.05, 3.63) is 104 Å². The monoisotopic (exact) mass is 611 g/mol. The highest BCUT2D eigenvalue weighted by Crippen LogP contribution is 2.35. The Kier molecular flexibility index (Phi) is 9.49. The van der Waals surface area contributed by atoms with Gasteiger partial charge in [-0.2, -0.15) is 0 Å². The van der Waals surface area contributed by atoms with E-state index in [9.17, 15) is 19.5 Å². The van der Waals surface area contributed by atoms with Gasteiger partial charge in [0.2, 0.25) is 0 Å². The minimum atomic E-state index is -1.36. The van der Waals surface area contributed by atoms with Gasteiger partial charge in [0, 0.05) is 41.4 Å². The van der Waals surface area contributed by atoms with E-state index in [4.69, 9.17) is 23.2 Å². The van der Waals surface area contributed by atoms with Gasteiger partial charge in [-0.3, -0.25) is 9.59 Å². The van der Waals surface area contributed by atoms with Crippen molar-refractivity contribution in [2.75, 3.05) is 6.54 Å². The maximum Gasteiger partial charge on any atom is 0.353 e. The van der Waals surface area contributed by atoms with Crippen molar-refractivity contribution < 1.29 is 19.5 Å². The molecule has 9 nitrogen and oxygen atoms in total. The van der Waals surface area contributed by atoms with E-state index in [2.05, 4.69) is 27.2 Å². The van der Waals surface area contributed by atoms with E-state index in [-0.39, 0.29) is 28.1 Å². The molecule has 1 aliphatic rings. The number of carbonyl (C=O) groups excluding carboxylic acids is 2. The Balaban J connectivity index is 0.00000189. The first-order valence-electron chi connectivity index (χ1n) is 12.7. The van der Waals surface area contributed by atoms with Crippen molar-refractivity contribution in [2.24, 2.45) is 0 Å². The minimum Gasteiger partial charge on any atom is -0.477 e. The van der Waals surface area contributed by atoms with Gasteiger partial charge in [0.25, 0.3) is 11.8 Å². The van der Waals surface area contributed by atoms with Crippen molar-refractivity contribution in [2.45, 2.75) is 26.8 Å². The van der Waals surface area contributed by atoms with E-state index in [1.54, 1.807) is 29.3 Å². The third-order valence-electron chi connectivity index (χ3n) is 6.23. The molecule has 0 radical (unpaired) electrons. The number of carbonyl (C=O) groups is 3. The summed E-state index contributed by atoms with van der Waals surface area (Å²) in [6.45, 7) is 8.48. The summed E-state index contributed by atoms with van der Waals surface area (Å²) < 4.78 is 0. The van der Waals surface area contributed by atoms with Gasteiger partial charge >= 0.3 is 5.97 Å². The number of amides is 2. The third kappa shape index (κ3) is 6.45. The maximum atomic E-state index is 13.2. The summed E-state index contributed by atoms with van der Waals surface area (Å²) in [5.41, 5.74) is 2.46. The Labute approximate surface area is 250 Å². The standard InChI is InChI=1S/C27H21Cl2N5O4S.C2H6/c1-14(21-5-3-9-39-21)31-12-20(27(37)38)33-25(35)22-18(28)10-16-13-34(8-6-17(16)23(22)29)26(36)19-11-15-4-2-7-30-24(15)32-19;1-2/h2-5,7,9-12,31H,1,6,8,13H2,(H,30,32)(H,33,35)(H,37,38);1-2H3/b20-12+;. The third-order valence-corrected chi connectivity index (χ3v) is 7.87.